The third-order valence-electron chi connectivity index (χ3n) is 20.2. The van der Waals surface area contributed by atoms with Gasteiger partial charge in [-0.1, -0.05) is 170 Å². The zero-order chi connectivity index (χ0) is 67.0. The van der Waals surface area contributed by atoms with Crippen LogP contribution in [0.15, 0.2) is 36.5 Å². The van der Waals surface area contributed by atoms with Crippen LogP contribution in [0.1, 0.15) is 326 Å². The molecular formula is C78H131IO12. The topological polar surface area (TPSA) is 188 Å². The lowest BCUT2D eigenvalue weighted by atomic mass is 9.69. The zero-order valence-electron chi connectivity index (χ0n) is 58.9. The Hall–Kier alpha value is -3.04. The van der Waals surface area contributed by atoms with Crippen molar-refractivity contribution in [3.63, 3.8) is 0 Å². The number of allylic oxidation sites excluding steroid dienone is 6. The normalized spacial score (nSPS) is 26.4. The third-order valence-corrected chi connectivity index (χ3v) is 21.3. The van der Waals surface area contributed by atoms with E-state index in [0.29, 0.717) is 110 Å². The minimum Gasteiger partial charge on any atom is -0.463 e. The van der Waals surface area contributed by atoms with E-state index in [1.165, 1.54) is 70.6 Å². The minimum atomic E-state index is -0.539. The molecule has 5 saturated carbocycles. The molecule has 12 nitrogen and oxygen atoms in total. The van der Waals surface area contributed by atoms with Crippen molar-refractivity contribution in [2.75, 3.05) is 4.43 Å². The summed E-state index contributed by atoms with van der Waals surface area (Å²) < 4.78 is 16.4. The summed E-state index contributed by atoms with van der Waals surface area (Å²) in [6.07, 6.45) is 50.5. The van der Waals surface area contributed by atoms with Crippen molar-refractivity contribution in [3.05, 3.63) is 36.5 Å². The van der Waals surface area contributed by atoms with Crippen LogP contribution in [0.5, 0.6) is 0 Å². The molecule has 0 aromatic heterocycles. The van der Waals surface area contributed by atoms with Gasteiger partial charge in [0, 0.05) is 73.5 Å². The molecule has 5 aliphatic rings. The number of rotatable bonds is 43. The molecular weight excluding hydrogens is 1260 g/mol. The summed E-state index contributed by atoms with van der Waals surface area (Å²) in [6.45, 7) is 17.8. The highest BCUT2D eigenvalue weighted by Gasteiger charge is 2.50. The van der Waals surface area contributed by atoms with E-state index in [-0.39, 0.29) is 54.0 Å². The van der Waals surface area contributed by atoms with Crippen molar-refractivity contribution >= 4 is 63.6 Å². The number of hydrogen-bond acceptors (Lipinski definition) is 12. The number of carbonyl (C=O) groups is 7. The van der Waals surface area contributed by atoms with Crippen LogP contribution in [0, 0.1) is 53.3 Å². The van der Waals surface area contributed by atoms with Crippen molar-refractivity contribution in [1.82, 2.24) is 0 Å². The zero-order valence-corrected chi connectivity index (χ0v) is 61.1. The molecule has 0 amide bonds. The maximum atomic E-state index is 12.6. The Morgan fingerprint density at radius 1 is 0.473 bits per heavy atom. The lowest BCUT2D eigenvalue weighted by Gasteiger charge is -2.40. The summed E-state index contributed by atoms with van der Waals surface area (Å²) in [5.74, 6) is 3.80. The molecule has 0 aromatic rings. The first kappa shape index (κ1) is 82.2. The van der Waals surface area contributed by atoms with Gasteiger partial charge < -0.3 is 24.4 Å². The maximum absolute atomic E-state index is 12.6. The van der Waals surface area contributed by atoms with E-state index in [2.05, 4.69) is 79.8 Å². The van der Waals surface area contributed by atoms with Gasteiger partial charge in [-0.2, -0.15) is 0 Å². The Kier molecular flexibility index (Phi) is 42.4. The first-order valence-electron chi connectivity index (χ1n) is 37.2. The highest BCUT2D eigenvalue weighted by molar-refractivity contribution is 14.1. The van der Waals surface area contributed by atoms with Gasteiger partial charge in [-0.25, -0.2) is 0 Å². The summed E-state index contributed by atoms with van der Waals surface area (Å²) in [6, 6.07) is 0. The Labute approximate surface area is 567 Å². The Balaban J connectivity index is 0.000000356. The van der Waals surface area contributed by atoms with Crippen LogP contribution in [0.2, 0.25) is 0 Å². The number of ketones is 4. The van der Waals surface area contributed by atoms with Gasteiger partial charge in [0.25, 0.3) is 0 Å². The fourth-order valence-corrected chi connectivity index (χ4v) is 16.3. The van der Waals surface area contributed by atoms with Crippen LogP contribution in [0.3, 0.4) is 0 Å². The SMILES string of the molecule is CCCCCCCC(=O)CC[C@H]1C(CI)CC(=O)C1CC=CCCCC(=O)OC(C)C.CCCCCCC[C@@]1(O)CC[C@@H]2C(CC=CCCCC(=O)OC(C)C)C(=O)C[C@H]2C1.CCCCCCC[C@@]1(O)CC[C@@H]2C(CC=CCCCC(=O)OC(C)C)C(=O)C[C@H]2C1. The van der Waals surface area contributed by atoms with Crippen LogP contribution < -0.4 is 0 Å². The Bertz CT molecular complexity index is 2080. The molecule has 4 unspecified atom stereocenters. The second-order valence-corrected chi connectivity index (χ2v) is 30.1. The third kappa shape index (κ3) is 34.0. The smallest absolute Gasteiger partial charge is 0.306 e. The van der Waals surface area contributed by atoms with Crippen molar-refractivity contribution in [2.45, 2.75) is 355 Å². The molecule has 2 N–H and O–H groups in total. The van der Waals surface area contributed by atoms with Crippen LogP contribution in [0.25, 0.3) is 0 Å². The number of ether oxygens (including phenoxy) is 3. The molecule has 0 spiro atoms. The number of carbonyl (C=O) groups excluding carboxylic acids is 7. The number of esters is 3. The van der Waals surface area contributed by atoms with E-state index in [4.69, 9.17) is 14.2 Å². The van der Waals surface area contributed by atoms with Crippen molar-refractivity contribution in [3.8, 4) is 0 Å². The number of halogens is 1. The molecule has 5 aliphatic carbocycles. The Morgan fingerprint density at radius 2 is 0.835 bits per heavy atom. The fourth-order valence-electron chi connectivity index (χ4n) is 15.4. The van der Waals surface area contributed by atoms with Gasteiger partial charge >= 0.3 is 17.9 Å². The van der Waals surface area contributed by atoms with E-state index in [0.717, 1.165) is 146 Å². The van der Waals surface area contributed by atoms with Crippen LogP contribution in [-0.4, -0.2) is 85.2 Å². The van der Waals surface area contributed by atoms with Gasteiger partial charge in [0.05, 0.1) is 29.5 Å². The molecule has 13 heteroatoms. The highest BCUT2D eigenvalue weighted by Crippen LogP contribution is 2.51. The van der Waals surface area contributed by atoms with Crippen LogP contribution in [-0.2, 0) is 47.8 Å². The fraction of sp³-hybridized carbons (Fsp3) is 0.833. The van der Waals surface area contributed by atoms with Crippen molar-refractivity contribution < 1.29 is 58.0 Å². The molecule has 522 valence electrons. The molecule has 0 radical (unpaired) electrons. The summed E-state index contributed by atoms with van der Waals surface area (Å²) >= 11 is 2.39. The second kappa shape index (κ2) is 47.0. The van der Waals surface area contributed by atoms with E-state index < -0.39 is 11.2 Å². The van der Waals surface area contributed by atoms with Gasteiger partial charge in [0.2, 0.25) is 0 Å². The first-order valence-corrected chi connectivity index (χ1v) is 38.7. The average molecular weight is 1390 g/mol. The Morgan fingerprint density at radius 3 is 1.21 bits per heavy atom. The highest BCUT2D eigenvalue weighted by atomic mass is 127. The average Bonchev–Trinajstić information content (AvgIpc) is 1.69. The molecule has 0 bridgehead atoms. The first-order chi connectivity index (χ1) is 43.6. The van der Waals surface area contributed by atoms with E-state index >= 15 is 0 Å². The second-order valence-electron chi connectivity index (χ2n) is 29.2. The van der Waals surface area contributed by atoms with E-state index in [1.807, 2.05) is 41.5 Å². The molecule has 0 aromatic carbocycles. The van der Waals surface area contributed by atoms with E-state index in [9.17, 15) is 43.8 Å². The van der Waals surface area contributed by atoms with Gasteiger partial charge in [0.1, 0.15) is 23.1 Å². The minimum absolute atomic E-state index is 0.0522. The van der Waals surface area contributed by atoms with Crippen LogP contribution in [0.4, 0.5) is 0 Å². The van der Waals surface area contributed by atoms with Crippen molar-refractivity contribution in [2.24, 2.45) is 53.3 Å². The molecule has 91 heavy (non-hydrogen) atoms. The summed E-state index contributed by atoms with van der Waals surface area (Å²) in [5.41, 5.74) is -1.08. The van der Waals surface area contributed by atoms with E-state index in [1.54, 1.807) is 0 Å². The lowest BCUT2D eigenvalue weighted by molar-refractivity contribution is -0.148. The largest absolute Gasteiger partial charge is 0.463 e. The molecule has 5 fully saturated rings. The molecule has 0 aliphatic heterocycles. The number of fused-ring (bicyclic) bond motifs is 2. The molecule has 0 heterocycles. The summed E-state index contributed by atoms with van der Waals surface area (Å²) in [4.78, 5) is 84.8. The summed E-state index contributed by atoms with van der Waals surface area (Å²) in [7, 11) is 0. The number of alkyl halides is 1. The quantitative estimate of drug-likeness (QED) is 0.0147. The van der Waals surface area contributed by atoms with Gasteiger partial charge in [-0.3, -0.25) is 33.6 Å². The number of unbranched alkanes of at least 4 members (excludes halogenated alkanes) is 15. The predicted molar refractivity (Wildman–Crippen MR) is 378 cm³/mol. The van der Waals surface area contributed by atoms with Crippen molar-refractivity contribution in [1.29, 1.82) is 0 Å². The monoisotopic (exact) mass is 1390 g/mol. The van der Waals surface area contributed by atoms with Gasteiger partial charge in [-0.15, -0.1) is 0 Å². The predicted octanol–water partition coefficient (Wildman–Crippen LogP) is 19.3. The molecule has 11 atom stereocenters. The van der Waals surface area contributed by atoms with Gasteiger partial charge in [0.15, 0.2) is 0 Å². The lowest BCUT2D eigenvalue weighted by Crippen LogP contribution is -2.38. The van der Waals surface area contributed by atoms with Gasteiger partial charge in [-0.05, 0) is 199 Å². The standard InChI is InChI=1S/C26H43IO4.2C26H44O4/c1-4-5-6-7-10-13-22(28)16-17-23-21(19-27)18-25(29)24(23)14-11-8-9-12-15-26(30)31-20(2)3;2*1-4-5-6-9-12-16-26(29)17-15-22-21(19-26)18-24(27)23(22)13-10-7-8-11-14-25(28)30-20(2)3/h8,11,20-21,23-24H,4-7,9-10,12-19H2,1-3H3;2*7,10,20-23,29H,4-6,8-9,11-19H2,1-3H3/t21?,23-,24?;2*21-,22-,23?,26+/m000/s1. The van der Waals surface area contributed by atoms with Crippen LogP contribution >= 0.6 is 22.6 Å². The molecule has 0 saturated heterocycles. The number of aliphatic hydroxyl groups is 2. The molecule has 5 rings (SSSR count). The summed E-state index contributed by atoms with van der Waals surface area (Å²) in [5, 5.41) is 22.1. The number of hydrogen-bond donors (Lipinski definition) is 2. The maximum Gasteiger partial charge on any atom is 0.306 e. The number of Topliss-reactive ketones (excluding diaryl/α,β-unsaturated/α-hetero) is 4.